The zero-order valence-electron chi connectivity index (χ0n) is 15.7. The fourth-order valence-electron chi connectivity index (χ4n) is 2.61. The summed E-state index contributed by atoms with van der Waals surface area (Å²) in [6.45, 7) is 0. The molecule has 152 valence electrons. The van der Waals surface area contributed by atoms with Crippen molar-refractivity contribution in [3.8, 4) is 11.8 Å². The number of anilines is 2. The van der Waals surface area contributed by atoms with Crippen LogP contribution in [0.4, 0.5) is 11.4 Å². The number of nitrogens with one attached hydrogen (secondary N) is 2. The van der Waals surface area contributed by atoms with Crippen LogP contribution in [0.2, 0.25) is 5.02 Å². The van der Waals surface area contributed by atoms with Gasteiger partial charge in [0.2, 0.25) is 0 Å². The molecule has 0 spiro atoms. The van der Waals surface area contributed by atoms with Gasteiger partial charge in [0.05, 0.1) is 29.5 Å². The van der Waals surface area contributed by atoms with Crippen LogP contribution >= 0.6 is 11.6 Å². The molecule has 0 unspecified atom stereocenters. The molecule has 7 nitrogen and oxygen atoms in total. The van der Waals surface area contributed by atoms with Gasteiger partial charge in [-0.15, -0.1) is 0 Å². The summed E-state index contributed by atoms with van der Waals surface area (Å²) in [6, 6.07) is 18.7. The van der Waals surface area contributed by atoms with Gasteiger partial charge in [0.15, 0.2) is 0 Å². The highest BCUT2D eigenvalue weighted by atomic mass is 35.5. The van der Waals surface area contributed by atoms with Crippen molar-refractivity contribution in [3.63, 3.8) is 0 Å². The van der Waals surface area contributed by atoms with Crippen LogP contribution in [-0.2, 0) is 10.0 Å². The molecular weight excluding hydrogens is 426 g/mol. The van der Waals surface area contributed by atoms with Crippen molar-refractivity contribution in [2.75, 3.05) is 17.1 Å². The van der Waals surface area contributed by atoms with Crippen molar-refractivity contribution >= 4 is 38.9 Å². The Morgan fingerprint density at radius 3 is 2.40 bits per heavy atom. The number of methoxy groups -OCH3 is 1. The second-order valence-electron chi connectivity index (χ2n) is 6.09. The fourth-order valence-corrected chi connectivity index (χ4v) is 4.12. The first-order chi connectivity index (χ1) is 14.3. The van der Waals surface area contributed by atoms with Crippen molar-refractivity contribution in [1.29, 1.82) is 5.26 Å². The Bertz CT molecular complexity index is 1240. The van der Waals surface area contributed by atoms with Crippen molar-refractivity contribution in [1.82, 2.24) is 0 Å². The molecule has 0 aliphatic rings. The van der Waals surface area contributed by atoms with Crippen LogP contribution in [0.5, 0.6) is 5.75 Å². The van der Waals surface area contributed by atoms with Crippen LogP contribution in [0.25, 0.3) is 0 Å². The molecule has 3 aromatic carbocycles. The zero-order valence-corrected chi connectivity index (χ0v) is 17.3. The van der Waals surface area contributed by atoms with Crippen molar-refractivity contribution < 1.29 is 17.9 Å². The minimum atomic E-state index is -4.06. The summed E-state index contributed by atoms with van der Waals surface area (Å²) in [5.74, 6) is -0.349. The highest BCUT2D eigenvalue weighted by Gasteiger charge is 2.22. The van der Waals surface area contributed by atoms with E-state index in [2.05, 4.69) is 10.0 Å². The molecule has 9 heteroatoms. The molecule has 0 aliphatic carbocycles. The van der Waals surface area contributed by atoms with E-state index in [-0.39, 0.29) is 27.0 Å². The number of hydrogen-bond acceptors (Lipinski definition) is 5. The molecule has 3 rings (SSSR count). The number of carbonyl (C=O) groups is 1. The number of halogens is 1. The molecule has 2 N–H and O–H groups in total. The Kier molecular flexibility index (Phi) is 6.26. The number of benzene rings is 3. The van der Waals surface area contributed by atoms with Gasteiger partial charge in [-0.3, -0.25) is 9.52 Å². The van der Waals surface area contributed by atoms with Gasteiger partial charge in [0, 0.05) is 11.3 Å². The number of hydrogen-bond donors (Lipinski definition) is 2. The quantitative estimate of drug-likeness (QED) is 0.593. The van der Waals surface area contributed by atoms with Gasteiger partial charge < -0.3 is 10.1 Å². The maximum Gasteiger partial charge on any atom is 0.265 e. The smallest absolute Gasteiger partial charge is 0.265 e. The molecule has 1 amide bonds. The second-order valence-corrected chi connectivity index (χ2v) is 8.15. The predicted octanol–water partition coefficient (Wildman–Crippen LogP) is 4.27. The SMILES string of the molecule is COc1ccc(NC(=O)c2ccc(C#N)cc2)cc1S(=O)(=O)Nc1ccccc1Cl. The molecule has 0 bridgehead atoms. The monoisotopic (exact) mass is 441 g/mol. The summed E-state index contributed by atoms with van der Waals surface area (Å²) >= 11 is 6.05. The molecule has 0 radical (unpaired) electrons. The summed E-state index contributed by atoms with van der Waals surface area (Å²) in [5, 5.41) is 11.7. The normalized spacial score (nSPS) is 10.7. The summed E-state index contributed by atoms with van der Waals surface area (Å²) in [6.07, 6.45) is 0. The topological polar surface area (TPSA) is 108 Å². The minimum absolute atomic E-state index is 0.103. The largest absolute Gasteiger partial charge is 0.495 e. The van der Waals surface area contributed by atoms with Gasteiger partial charge in [-0.2, -0.15) is 5.26 Å². The number of nitriles is 1. The van der Waals surface area contributed by atoms with Crippen LogP contribution in [0.1, 0.15) is 15.9 Å². The number of nitrogens with zero attached hydrogens (tertiary/aromatic N) is 1. The fraction of sp³-hybridized carbons (Fsp3) is 0.0476. The van der Waals surface area contributed by atoms with E-state index in [1.54, 1.807) is 18.2 Å². The average Bonchev–Trinajstić information content (AvgIpc) is 2.75. The van der Waals surface area contributed by atoms with Gasteiger partial charge in [-0.05, 0) is 54.6 Å². The average molecular weight is 442 g/mol. The van der Waals surface area contributed by atoms with E-state index in [0.717, 1.165) is 0 Å². The zero-order chi connectivity index (χ0) is 21.7. The number of para-hydroxylation sites is 1. The molecule has 0 aliphatic heterocycles. The first kappa shape index (κ1) is 21.2. The molecule has 0 heterocycles. The van der Waals surface area contributed by atoms with E-state index >= 15 is 0 Å². The number of rotatable bonds is 6. The third kappa shape index (κ3) is 4.71. The van der Waals surface area contributed by atoms with E-state index in [4.69, 9.17) is 21.6 Å². The van der Waals surface area contributed by atoms with Gasteiger partial charge in [-0.25, -0.2) is 8.42 Å². The van der Waals surface area contributed by atoms with Crippen molar-refractivity contribution in [3.05, 3.63) is 82.9 Å². The summed E-state index contributed by atoms with van der Waals surface area (Å²) in [4.78, 5) is 12.3. The first-order valence-corrected chi connectivity index (χ1v) is 10.5. The maximum atomic E-state index is 12.9. The lowest BCUT2D eigenvalue weighted by molar-refractivity contribution is 0.102. The maximum absolute atomic E-state index is 12.9. The molecule has 0 atom stereocenters. The number of carbonyl (C=O) groups excluding carboxylic acids is 1. The molecule has 0 saturated carbocycles. The van der Waals surface area contributed by atoms with Gasteiger partial charge in [0.25, 0.3) is 15.9 Å². The summed E-state index contributed by atoms with van der Waals surface area (Å²) in [5.41, 5.74) is 1.22. The third-order valence-electron chi connectivity index (χ3n) is 4.11. The highest BCUT2D eigenvalue weighted by Crippen LogP contribution is 2.31. The molecular formula is C21H16ClN3O4S. The lowest BCUT2D eigenvalue weighted by Gasteiger charge is -2.14. The molecule has 30 heavy (non-hydrogen) atoms. The summed E-state index contributed by atoms with van der Waals surface area (Å²) in [7, 11) is -2.71. The van der Waals surface area contributed by atoms with E-state index < -0.39 is 15.9 Å². The van der Waals surface area contributed by atoms with E-state index in [0.29, 0.717) is 11.1 Å². The van der Waals surface area contributed by atoms with E-state index in [1.807, 2.05) is 6.07 Å². The Hall–Kier alpha value is -3.54. The first-order valence-electron chi connectivity index (χ1n) is 8.61. The second kappa shape index (κ2) is 8.86. The van der Waals surface area contributed by atoms with Gasteiger partial charge >= 0.3 is 0 Å². The standard InChI is InChI=1S/C21H16ClN3O4S/c1-29-19-11-10-16(24-21(26)15-8-6-14(13-23)7-9-15)12-20(19)30(27,28)25-18-5-3-2-4-17(18)22/h2-12,25H,1H3,(H,24,26). The lowest BCUT2D eigenvalue weighted by Crippen LogP contribution is -2.16. The Labute approximate surface area is 178 Å². The number of sulfonamides is 1. The Balaban J connectivity index is 1.90. The van der Waals surface area contributed by atoms with Crippen LogP contribution in [-0.4, -0.2) is 21.4 Å². The lowest BCUT2D eigenvalue weighted by atomic mass is 10.1. The Morgan fingerprint density at radius 2 is 1.77 bits per heavy atom. The predicted molar refractivity (Wildman–Crippen MR) is 114 cm³/mol. The van der Waals surface area contributed by atoms with E-state index in [9.17, 15) is 13.2 Å². The van der Waals surface area contributed by atoms with Crippen molar-refractivity contribution in [2.24, 2.45) is 0 Å². The molecule has 0 saturated heterocycles. The Morgan fingerprint density at radius 1 is 1.07 bits per heavy atom. The molecule has 3 aromatic rings. The van der Waals surface area contributed by atoms with Gasteiger partial charge in [-0.1, -0.05) is 23.7 Å². The molecule has 0 aromatic heterocycles. The van der Waals surface area contributed by atoms with Crippen LogP contribution in [0.3, 0.4) is 0 Å². The minimum Gasteiger partial charge on any atom is -0.495 e. The van der Waals surface area contributed by atoms with Gasteiger partial charge in [0.1, 0.15) is 10.6 Å². The third-order valence-corrected chi connectivity index (χ3v) is 5.82. The number of amides is 1. The van der Waals surface area contributed by atoms with Crippen LogP contribution in [0, 0.1) is 11.3 Å². The van der Waals surface area contributed by atoms with Crippen LogP contribution < -0.4 is 14.8 Å². The van der Waals surface area contributed by atoms with Crippen LogP contribution in [0.15, 0.2) is 71.6 Å². The number of ether oxygens (including phenoxy) is 1. The molecule has 0 fully saturated rings. The highest BCUT2D eigenvalue weighted by molar-refractivity contribution is 7.92. The van der Waals surface area contributed by atoms with E-state index in [1.165, 1.54) is 55.6 Å². The van der Waals surface area contributed by atoms with Crippen molar-refractivity contribution in [2.45, 2.75) is 4.90 Å². The summed E-state index contributed by atoms with van der Waals surface area (Å²) < 4.78 is 33.4.